The molecule has 6 nitrogen and oxygen atoms in total. The molecule has 0 aromatic heterocycles. The van der Waals surface area contributed by atoms with Crippen LogP contribution in [-0.2, 0) is 4.79 Å². The molecule has 0 fully saturated rings. The predicted molar refractivity (Wildman–Crippen MR) is 82.9 cm³/mol. The van der Waals surface area contributed by atoms with Gasteiger partial charge in [0.05, 0.1) is 0 Å². The largest absolute Gasteiger partial charge is 0.481 e. The van der Waals surface area contributed by atoms with E-state index in [2.05, 4.69) is 5.32 Å². The zero-order chi connectivity index (χ0) is 16.5. The highest BCUT2D eigenvalue weighted by Gasteiger charge is 2.13. The van der Waals surface area contributed by atoms with Crippen molar-refractivity contribution in [2.24, 2.45) is 0 Å². The van der Waals surface area contributed by atoms with E-state index in [1.807, 2.05) is 13.8 Å². The summed E-state index contributed by atoms with van der Waals surface area (Å²) in [7, 11) is 0. The molecular formula is C16H22N2O4. The molecule has 0 aliphatic carbocycles. The van der Waals surface area contributed by atoms with Gasteiger partial charge in [-0.25, -0.2) is 0 Å². The molecule has 0 saturated heterocycles. The Bertz CT molecular complexity index is 521. The molecule has 1 rings (SSSR count). The van der Waals surface area contributed by atoms with E-state index >= 15 is 0 Å². The lowest BCUT2D eigenvalue weighted by molar-refractivity contribution is -0.137. The Balaban J connectivity index is 2.58. The highest BCUT2D eigenvalue weighted by Crippen LogP contribution is 2.08. The van der Waals surface area contributed by atoms with Crippen LogP contribution < -0.4 is 5.32 Å². The average molecular weight is 306 g/mol. The molecule has 1 aromatic carbocycles. The SMILES string of the molecule is CCN(CC)C(=O)c1ccc(C(=O)NCCCC(=O)O)cc1. The number of carboxylic acid groups (broad SMARTS) is 1. The third-order valence-corrected chi connectivity index (χ3v) is 3.30. The number of carbonyl (C=O) groups excluding carboxylic acids is 2. The molecule has 1 aromatic rings. The highest BCUT2D eigenvalue weighted by molar-refractivity contribution is 5.97. The number of rotatable bonds is 8. The minimum absolute atomic E-state index is 0.0254. The van der Waals surface area contributed by atoms with Gasteiger partial charge in [0.25, 0.3) is 11.8 Å². The fraction of sp³-hybridized carbons (Fsp3) is 0.438. The zero-order valence-electron chi connectivity index (χ0n) is 13.0. The third kappa shape index (κ3) is 5.20. The van der Waals surface area contributed by atoms with E-state index in [-0.39, 0.29) is 18.2 Å². The smallest absolute Gasteiger partial charge is 0.303 e. The maximum Gasteiger partial charge on any atom is 0.303 e. The van der Waals surface area contributed by atoms with Gasteiger partial charge in [-0.3, -0.25) is 14.4 Å². The molecule has 0 radical (unpaired) electrons. The summed E-state index contributed by atoms with van der Waals surface area (Å²) in [6.45, 7) is 5.42. The number of nitrogens with zero attached hydrogens (tertiary/aromatic N) is 1. The lowest BCUT2D eigenvalue weighted by atomic mass is 10.1. The fourth-order valence-electron chi connectivity index (χ4n) is 2.00. The highest BCUT2D eigenvalue weighted by atomic mass is 16.4. The lowest BCUT2D eigenvalue weighted by Crippen LogP contribution is -2.30. The molecular weight excluding hydrogens is 284 g/mol. The number of hydrogen-bond donors (Lipinski definition) is 2. The molecule has 0 saturated carbocycles. The summed E-state index contributed by atoms with van der Waals surface area (Å²) in [6.07, 6.45) is 0.414. The molecule has 0 heterocycles. The van der Waals surface area contributed by atoms with E-state index in [9.17, 15) is 14.4 Å². The van der Waals surface area contributed by atoms with Crippen LogP contribution in [0.5, 0.6) is 0 Å². The molecule has 22 heavy (non-hydrogen) atoms. The fourth-order valence-corrected chi connectivity index (χ4v) is 2.00. The number of hydrogen-bond acceptors (Lipinski definition) is 3. The van der Waals surface area contributed by atoms with Crippen LogP contribution in [0.3, 0.4) is 0 Å². The molecule has 0 aliphatic rings. The summed E-state index contributed by atoms with van der Waals surface area (Å²) in [5.41, 5.74) is 0.998. The average Bonchev–Trinajstić information content (AvgIpc) is 2.52. The normalized spacial score (nSPS) is 10.1. The summed E-state index contributed by atoms with van der Waals surface area (Å²) in [4.78, 5) is 36.1. The Morgan fingerprint density at radius 2 is 1.59 bits per heavy atom. The van der Waals surface area contributed by atoms with Crippen LogP contribution in [0.25, 0.3) is 0 Å². The molecule has 120 valence electrons. The minimum Gasteiger partial charge on any atom is -0.481 e. The number of amides is 2. The van der Waals surface area contributed by atoms with Crippen molar-refractivity contribution in [3.8, 4) is 0 Å². The van der Waals surface area contributed by atoms with Crippen molar-refractivity contribution in [1.29, 1.82) is 0 Å². The van der Waals surface area contributed by atoms with Crippen LogP contribution in [0, 0.1) is 0 Å². The number of aliphatic carboxylic acids is 1. The van der Waals surface area contributed by atoms with Gasteiger partial charge in [0, 0.05) is 37.2 Å². The molecule has 0 aliphatic heterocycles. The van der Waals surface area contributed by atoms with E-state index in [1.54, 1.807) is 29.2 Å². The maximum absolute atomic E-state index is 12.1. The van der Waals surface area contributed by atoms with Gasteiger partial charge in [0.2, 0.25) is 0 Å². The number of nitrogens with one attached hydrogen (secondary N) is 1. The Hall–Kier alpha value is -2.37. The summed E-state index contributed by atoms with van der Waals surface area (Å²) < 4.78 is 0. The zero-order valence-corrected chi connectivity index (χ0v) is 13.0. The third-order valence-electron chi connectivity index (χ3n) is 3.30. The van der Waals surface area contributed by atoms with Gasteiger partial charge in [-0.15, -0.1) is 0 Å². The van der Waals surface area contributed by atoms with Gasteiger partial charge >= 0.3 is 5.97 Å². The van der Waals surface area contributed by atoms with Crippen molar-refractivity contribution in [2.45, 2.75) is 26.7 Å². The first-order valence-corrected chi connectivity index (χ1v) is 7.38. The van der Waals surface area contributed by atoms with Gasteiger partial charge < -0.3 is 15.3 Å². The molecule has 2 amide bonds. The summed E-state index contributed by atoms with van der Waals surface area (Å²) in [6, 6.07) is 6.46. The van der Waals surface area contributed by atoms with Gasteiger partial charge in [0.1, 0.15) is 0 Å². The van der Waals surface area contributed by atoms with E-state index in [0.717, 1.165) is 0 Å². The van der Waals surface area contributed by atoms with E-state index in [4.69, 9.17) is 5.11 Å². The van der Waals surface area contributed by atoms with Crippen LogP contribution in [0.4, 0.5) is 0 Å². The topological polar surface area (TPSA) is 86.7 Å². The second kappa shape index (κ2) is 8.81. The Morgan fingerprint density at radius 3 is 2.09 bits per heavy atom. The van der Waals surface area contributed by atoms with Crippen molar-refractivity contribution < 1.29 is 19.5 Å². The van der Waals surface area contributed by atoms with Gasteiger partial charge in [0.15, 0.2) is 0 Å². The van der Waals surface area contributed by atoms with Crippen LogP contribution in [0.1, 0.15) is 47.4 Å². The molecule has 0 unspecified atom stereocenters. The summed E-state index contributed by atoms with van der Waals surface area (Å²) >= 11 is 0. The predicted octanol–water partition coefficient (Wildman–Crippen LogP) is 1.76. The second-order valence-corrected chi connectivity index (χ2v) is 4.81. The first-order valence-electron chi connectivity index (χ1n) is 7.38. The lowest BCUT2D eigenvalue weighted by Gasteiger charge is -2.18. The molecule has 2 N–H and O–H groups in total. The molecule has 0 spiro atoms. The van der Waals surface area contributed by atoms with Gasteiger partial charge in [-0.05, 0) is 44.5 Å². The number of carbonyl (C=O) groups is 3. The van der Waals surface area contributed by atoms with Crippen molar-refractivity contribution in [3.05, 3.63) is 35.4 Å². The van der Waals surface area contributed by atoms with Crippen molar-refractivity contribution in [1.82, 2.24) is 10.2 Å². The van der Waals surface area contributed by atoms with Crippen LogP contribution in [0.15, 0.2) is 24.3 Å². The van der Waals surface area contributed by atoms with Gasteiger partial charge in [-0.1, -0.05) is 0 Å². The number of carboxylic acids is 1. The summed E-state index contributed by atoms with van der Waals surface area (Å²) in [5, 5.41) is 11.2. The number of benzene rings is 1. The molecule has 0 atom stereocenters. The van der Waals surface area contributed by atoms with Crippen LogP contribution in [0.2, 0.25) is 0 Å². The van der Waals surface area contributed by atoms with E-state index < -0.39 is 5.97 Å². The Labute approximate surface area is 130 Å². The quantitative estimate of drug-likeness (QED) is 0.717. The standard InChI is InChI=1S/C16H22N2O4/c1-3-18(4-2)16(22)13-9-7-12(8-10-13)15(21)17-11-5-6-14(19)20/h7-10H,3-6,11H2,1-2H3,(H,17,21)(H,19,20). The monoisotopic (exact) mass is 306 g/mol. The Kier molecular flexibility index (Phi) is 7.08. The molecule has 0 bridgehead atoms. The first-order chi connectivity index (χ1) is 10.5. The van der Waals surface area contributed by atoms with Crippen LogP contribution >= 0.6 is 0 Å². The summed E-state index contributed by atoms with van der Waals surface area (Å²) in [5.74, 6) is -1.21. The van der Waals surface area contributed by atoms with E-state index in [0.29, 0.717) is 37.2 Å². The van der Waals surface area contributed by atoms with Crippen molar-refractivity contribution in [3.63, 3.8) is 0 Å². The van der Waals surface area contributed by atoms with Crippen molar-refractivity contribution in [2.75, 3.05) is 19.6 Å². The van der Waals surface area contributed by atoms with E-state index in [1.165, 1.54) is 0 Å². The second-order valence-electron chi connectivity index (χ2n) is 4.81. The Morgan fingerprint density at radius 1 is 1.05 bits per heavy atom. The minimum atomic E-state index is -0.881. The molecule has 6 heteroatoms. The van der Waals surface area contributed by atoms with Crippen LogP contribution in [-0.4, -0.2) is 47.4 Å². The van der Waals surface area contributed by atoms with Crippen molar-refractivity contribution >= 4 is 17.8 Å². The maximum atomic E-state index is 12.1. The van der Waals surface area contributed by atoms with Gasteiger partial charge in [-0.2, -0.15) is 0 Å². The first kappa shape index (κ1) is 17.7.